The van der Waals surface area contributed by atoms with Crippen LogP contribution in [0.25, 0.3) is 0 Å². The number of benzene rings is 1. The third-order valence-electron chi connectivity index (χ3n) is 2.99. The van der Waals surface area contributed by atoms with Gasteiger partial charge in [0.2, 0.25) is 0 Å². The molecule has 1 N–H and O–H groups in total. The highest BCUT2D eigenvalue weighted by Crippen LogP contribution is 2.24. The molecular formula is C15H21ClFNO. The lowest BCUT2D eigenvalue weighted by atomic mass is 9.88. The van der Waals surface area contributed by atoms with Crippen LogP contribution >= 0.6 is 11.6 Å². The second kappa shape index (κ2) is 7.01. The van der Waals surface area contributed by atoms with E-state index in [1.54, 1.807) is 6.07 Å². The quantitative estimate of drug-likeness (QED) is 0.862. The standard InChI is InChI=1S/C15H21ClFNO/c1-9(2)15(19)12(8-18-10(3)4)11-5-6-13(16)14(17)7-11/h5-7,9-10,12,18H,8H2,1-4H3. The van der Waals surface area contributed by atoms with Crippen molar-refractivity contribution >= 4 is 17.4 Å². The van der Waals surface area contributed by atoms with E-state index in [9.17, 15) is 9.18 Å². The van der Waals surface area contributed by atoms with Crippen molar-refractivity contribution in [1.29, 1.82) is 0 Å². The molecule has 1 aromatic carbocycles. The van der Waals surface area contributed by atoms with Gasteiger partial charge < -0.3 is 5.32 Å². The second-order valence-corrected chi connectivity index (χ2v) is 5.75. The second-order valence-electron chi connectivity index (χ2n) is 5.35. The zero-order chi connectivity index (χ0) is 14.6. The Morgan fingerprint density at radius 3 is 2.42 bits per heavy atom. The van der Waals surface area contributed by atoms with Gasteiger partial charge in [0.15, 0.2) is 0 Å². The minimum absolute atomic E-state index is 0.0799. The highest BCUT2D eigenvalue weighted by atomic mass is 35.5. The summed E-state index contributed by atoms with van der Waals surface area (Å²) < 4.78 is 13.5. The molecule has 0 bridgehead atoms. The van der Waals surface area contributed by atoms with E-state index in [-0.39, 0.29) is 28.7 Å². The Labute approximate surface area is 119 Å². The molecule has 1 atom stereocenters. The van der Waals surface area contributed by atoms with E-state index >= 15 is 0 Å². The molecule has 0 radical (unpaired) electrons. The van der Waals surface area contributed by atoms with Crippen molar-refractivity contribution in [3.8, 4) is 0 Å². The molecule has 1 aromatic rings. The Morgan fingerprint density at radius 2 is 1.95 bits per heavy atom. The Bertz CT molecular complexity index is 446. The number of carbonyl (C=O) groups is 1. The first kappa shape index (κ1) is 16.1. The van der Waals surface area contributed by atoms with E-state index in [1.807, 2.05) is 27.7 Å². The largest absolute Gasteiger partial charge is 0.313 e. The summed E-state index contributed by atoms with van der Waals surface area (Å²) in [6, 6.07) is 4.86. The zero-order valence-electron chi connectivity index (χ0n) is 11.8. The molecule has 0 aliphatic heterocycles. The molecule has 0 saturated heterocycles. The molecule has 1 rings (SSSR count). The molecule has 0 aliphatic rings. The van der Waals surface area contributed by atoms with E-state index in [0.717, 1.165) is 0 Å². The summed E-state index contributed by atoms with van der Waals surface area (Å²) >= 11 is 5.68. The van der Waals surface area contributed by atoms with E-state index in [4.69, 9.17) is 11.6 Å². The van der Waals surface area contributed by atoms with E-state index < -0.39 is 5.82 Å². The number of Topliss-reactive ketones (excluding diaryl/α,β-unsaturated/α-hetero) is 1. The topological polar surface area (TPSA) is 29.1 Å². The number of hydrogen-bond donors (Lipinski definition) is 1. The molecule has 0 aromatic heterocycles. The number of hydrogen-bond acceptors (Lipinski definition) is 2. The van der Waals surface area contributed by atoms with Gasteiger partial charge in [-0.2, -0.15) is 0 Å². The molecule has 0 fully saturated rings. The first-order chi connectivity index (χ1) is 8.82. The van der Waals surface area contributed by atoms with Crippen LogP contribution in [0.15, 0.2) is 18.2 Å². The summed E-state index contributed by atoms with van der Waals surface area (Å²) in [6.45, 7) is 8.25. The Balaban J connectivity index is 3.00. The van der Waals surface area contributed by atoms with E-state index in [2.05, 4.69) is 5.32 Å². The molecule has 0 saturated carbocycles. The molecule has 19 heavy (non-hydrogen) atoms. The fourth-order valence-corrected chi connectivity index (χ4v) is 1.99. The van der Waals surface area contributed by atoms with Gasteiger partial charge in [-0.05, 0) is 17.7 Å². The van der Waals surface area contributed by atoms with Crippen LogP contribution in [0.3, 0.4) is 0 Å². The molecule has 2 nitrogen and oxygen atoms in total. The lowest BCUT2D eigenvalue weighted by molar-refractivity contribution is -0.123. The molecule has 4 heteroatoms. The molecule has 106 valence electrons. The predicted octanol–water partition coefficient (Wildman–Crippen LogP) is 3.79. The minimum Gasteiger partial charge on any atom is -0.313 e. The maximum atomic E-state index is 13.5. The average molecular weight is 286 g/mol. The molecule has 0 amide bonds. The Morgan fingerprint density at radius 1 is 1.32 bits per heavy atom. The molecule has 0 heterocycles. The number of halogens is 2. The van der Waals surface area contributed by atoms with Crippen molar-refractivity contribution < 1.29 is 9.18 Å². The fraction of sp³-hybridized carbons (Fsp3) is 0.533. The van der Waals surface area contributed by atoms with E-state index in [1.165, 1.54) is 12.1 Å². The van der Waals surface area contributed by atoms with Gasteiger partial charge in [-0.15, -0.1) is 0 Å². The maximum absolute atomic E-state index is 13.5. The van der Waals surface area contributed by atoms with Gasteiger partial charge in [0.05, 0.1) is 10.9 Å². The van der Waals surface area contributed by atoms with Gasteiger partial charge >= 0.3 is 0 Å². The Hall–Kier alpha value is -0.930. The molecule has 0 aliphatic carbocycles. The first-order valence-electron chi connectivity index (χ1n) is 6.55. The van der Waals surface area contributed by atoms with Crippen LogP contribution in [0.1, 0.15) is 39.2 Å². The highest BCUT2D eigenvalue weighted by Gasteiger charge is 2.23. The summed E-state index contributed by atoms with van der Waals surface area (Å²) in [6.07, 6.45) is 0. The maximum Gasteiger partial charge on any atom is 0.144 e. The highest BCUT2D eigenvalue weighted by molar-refractivity contribution is 6.30. The average Bonchev–Trinajstić information content (AvgIpc) is 2.33. The van der Waals surface area contributed by atoms with Crippen LogP contribution in [0.2, 0.25) is 5.02 Å². The summed E-state index contributed by atoms with van der Waals surface area (Å²) in [5, 5.41) is 3.32. The number of carbonyl (C=O) groups excluding carboxylic acids is 1. The van der Waals surface area contributed by atoms with Crippen LogP contribution in [0, 0.1) is 11.7 Å². The monoisotopic (exact) mass is 285 g/mol. The van der Waals surface area contributed by atoms with Crippen LogP contribution in [0.5, 0.6) is 0 Å². The van der Waals surface area contributed by atoms with E-state index in [0.29, 0.717) is 12.1 Å². The van der Waals surface area contributed by atoms with Crippen molar-refractivity contribution in [3.63, 3.8) is 0 Å². The number of nitrogens with one attached hydrogen (secondary N) is 1. The summed E-state index contributed by atoms with van der Waals surface area (Å²) in [5.74, 6) is -0.799. The number of ketones is 1. The van der Waals surface area contributed by atoms with Crippen molar-refractivity contribution in [2.75, 3.05) is 6.54 Å². The molecule has 0 spiro atoms. The smallest absolute Gasteiger partial charge is 0.144 e. The van der Waals surface area contributed by atoms with Gasteiger partial charge in [0, 0.05) is 18.5 Å². The zero-order valence-corrected chi connectivity index (χ0v) is 12.6. The number of rotatable bonds is 6. The molecule has 1 unspecified atom stereocenters. The van der Waals surface area contributed by atoms with Crippen LogP contribution in [-0.2, 0) is 4.79 Å². The van der Waals surface area contributed by atoms with Gasteiger partial charge in [0.25, 0.3) is 0 Å². The molecular weight excluding hydrogens is 265 g/mol. The van der Waals surface area contributed by atoms with Gasteiger partial charge in [0.1, 0.15) is 11.6 Å². The van der Waals surface area contributed by atoms with Gasteiger partial charge in [-0.1, -0.05) is 45.4 Å². The van der Waals surface area contributed by atoms with Crippen LogP contribution in [0.4, 0.5) is 4.39 Å². The first-order valence-corrected chi connectivity index (χ1v) is 6.92. The normalized spacial score (nSPS) is 13.1. The minimum atomic E-state index is -0.481. The van der Waals surface area contributed by atoms with Crippen molar-refractivity contribution in [2.24, 2.45) is 5.92 Å². The van der Waals surface area contributed by atoms with Crippen molar-refractivity contribution in [3.05, 3.63) is 34.6 Å². The summed E-state index contributed by atoms with van der Waals surface area (Å²) in [7, 11) is 0. The third kappa shape index (κ3) is 4.59. The summed E-state index contributed by atoms with van der Waals surface area (Å²) in [5.41, 5.74) is 0.675. The Kier molecular flexibility index (Phi) is 5.95. The lowest BCUT2D eigenvalue weighted by Gasteiger charge is -2.20. The van der Waals surface area contributed by atoms with Crippen LogP contribution in [-0.4, -0.2) is 18.4 Å². The van der Waals surface area contributed by atoms with Gasteiger partial charge in [-0.25, -0.2) is 4.39 Å². The summed E-state index contributed by atoms with van der Waals surface area (Å²) in [4.78, 5) is 12.3. The van der Waals surface area contributed by atoms with Crippen LogP contribution < -0.4 is 5.32 Å². The van der Waals surface area contributed by atoms with Crippen molar-refractivity contribution in [1.82, 2.24) is 5.32 Å². The SMILES string of the molecule is CC(C)NCC(C(=O)C(C)C)c1ccc(Cl)c(F)c1. The van der Waals surface area contributed by atoms with Crippen molar-refractivity contribution in [2.45, 2.75) is 39.7 Å². The van der Waals surface area contributed by atoms with Gasteiger partial charge in [-0.3, -0.25) is 4.79 Å². The lowest BCUT2D eigenvalue weighted by Crippen LogP contribution is -2.33. The third-order valence-corrected chi connectivity index (χ3v) is 3.30. The fourth-order valence-electron chi connectivity index (χ4n) is 1.87. The predicted molar refractivity (Wildman–Crippen MR) is 77.1 cm³/mol.